The molecule has 9 heteroatoms. The number of likely N-dealkylation sites (tertiary alicyclic amines) is 1. The summed E-state index contributed by atoms with van der Waals surface area (Å²) in [5.41, 5.74) is 7.82. The average molecular weight is 544 g/mol. The van der Waals surface area contributed by atoms with E-state index in [1.807, 2.05) is 24.3 Å². The van der Waals surface area contributed by atoms with Gasteiger partial charge in [0.25, 0.3) is 0 Å². The fourth-order valence-electron chi connectivity index (χ4n) is 7.38. The highest BCUT2D eigenvalue weighted by Crippen LogP contribution is 2.49. The highest BCUT2D eigenvalue weighted by atomic mass is 16.3. The van der Waals surface area contributed by atoms with E-state index in [9.17, 15) is 29.1 Å². The number of ketones is 4. The summed E-state index contributed by atoms with van der Waals surface area (Å²) in [4.78, 5) is 66.9. The smallest absolute Gasteiger partial charge is 0.235 e. The SMILES string of the molecule is NC(=O)C1C(=O)CC2CC3Cc4ccc(NC5CCN(Cc6ccccc6)CC5)c(O)c4C(=O)C3C(=O)C2C1=O. The molecule has 3 aliphatic carbocycles. The number of phenols is 1. The Labute approximate surface area is 232 Å². The molecule has 0 aromatic heterocycles. The number of carbonyl (C=O) groups is 5. The fraction of sp³-hybridized carbons (Fsp3) is 0.452. The zero-order chi connectivity index (χ0) is 28.1. The van der Waals surface area contributed by atoms with Gasteiger partial charge >= 0.3 is 0 Å². The molecular weight excluding hydrogens is 510 g/mol. The van der Waals surface area contributed by atoms with Crippen molar-refractivity contribution in [2.75, 3.05) is 18.4 Å². The van der Waals surface area contributed by atoms with Gasteiger partial charge in [-0.2, -0.15) is 0 Å². The minimum atomic E-state index is -1.63. The molecule has 40 heavy (non-hydrogen) atoms. The van der Waals surface area contributed by atoms with Crippen molar-refractivity contribution in [3.05, 3.63) is 59.2 Å². The maximum absolute atomic E-state index is 13.7. The maximum Gasteiger partial charge on any atom is 0.235 e. The molecule has 2 aromatic rings. The van der Waals surface area contributed by atoms with Crippen LogP contribution in [0.4, 0.5) is 5.69 Å². The van der Waals surface area contributed by atoms with E-state index in [4.69, 9.17) is 5.73 Å². The Balaban J connectivity index is 1.18. The number of anilines is 1. The molecule has 9 nitrogen and oxygen atoms in total. The first-order valence-corrected chi connectivity index (χ1v) is 14.0. The van der Waals surface area contributed by atoms with Gasteiger partial charge in [-0.15, -0.1) is 0 Å². The number of fused-ring (bicyclic) bond motifs is 3. The van der Waals surface area contributed by atoms with Gasteiger partial charge in [0, 0.05) is 32.1 Å². The van der Waals surface area contributed by atoms with Gasteiger partial charge in [0.1, 0.15) is 5.75 Å². The lowest BCUT2D eigenvalue weighted by atomic mass is 9.56. The normalized spacial score (nSPS) is 28.9. The number of hydrogen-bond acceptors (Lipinski definition) is 8. The summed E-state index contributed by atoms with van der Waals surface area (Å²) in [5.74, 6) is -8.37. The highest BCUT2D eigenvalue weighted by Gasteiger charge is 2.57. The van der Waals surface area contributed by atoms with E-state index in [0.717, 1.165) is 32.5 Å². The van der Waals surface area contributed by atoms with Crippen molar-refractivity contribution in [3.63, 3.8) is 0 Å². The van der Waals surface area contributed by atoms with Crippen molar-refractivity contribution in [1.29, 1.82) is 0 Å². The molecule has 3 fully saturated rings. The summed E-state index contributed by atoms with van der Waals surface area (Å²) in [5, 5.41) is 14.6. The van der Waals surface area contributed by atoms with Crippen LogP contribution in [0.1, 0.15) is 47.2 Å². The van der Waals surface area contributed by atoms with Crippen molar-refractivity contribution in [1.82, 2.24) is 4.90 Å². The fourth-order valence-corrected chi connectivity index (χ4v) is 7.38. The number of Topliss-reactive ketones (excluding diaryl/α,β-unsaturated/α-hetero) is 4. The van der Waals surface area contributed by atoms with E-state index in [0.29, 0.717) is 24.1 Å². The minimum Gasteiger partial charge on any atom is -0.505 e. The maximum atomic E-state index is 13.7. The Hall–Kier alpha value is -3.85. The van der Waals surface area contributed by atoms with Crippen LogP contribution >= 0.6 is 0 Å². The second kappa shape index (κ2) is 10.3. The minimum absolute atomic E-state index is 0.0711. The van der Waals surface area contributed by atoms with Crippen molar-refractivity contribution in [3.8, 4) is 5.75 Å². The van der Waals surface area contributed by atoms with Gasteiger partial charge in [0.2, 0.25) is 5.91 Å². The van der Waals surface area contributed by atoms with Crippen LogP contribution in [-0.2, 0) is 32.1 Å². The van der Waals surface area contributed by atoms with Crippen molar-refractivity contribution >= 4 is 34.7 Å². The summed E-state index contributed by atoms with van der Waals surface area (Å²) in [6.07, 6.45) is 2.45. The number of nitrogens with two attached hydrogens (primary N) is 1. The Kier molecular flexibility index (Phi) is 6.78. The standard InChI is InChI=1S/C31H33N3O6/c32-31(40)26-22(35)14-19-13-18-12-17-6-7-21(27(36)23(17)28(37)24(18)29(38)25(19)30(26)39)33-20-8-10-34(11-9-20)15-16-4-2-1-3-5-16/h1-7,18-20,24-26,33,36H,8-15H2,(H2,32,40). The molecule has 1 aliphatic heterocycles. The number of nitrogens with zero attached hydrogens (tertiary/aromatic N) is 1. The molecule has 1 amide bonds. The second-order valence-corrected chi connectivity index (χ2v) is 11.8. The van der Waals surface area contributed by atoms with Crippen LogP contribution < -0.4 is 11.1 Å². The van der Waals surface area contributed by atoms with Gasteiger partial charge in [-0.1, -0.05) is 36.4 Å². The van der Waals surface area contributed by atoms with Gasteiger partial charge in [0.15, 0.2) is 29.1 Å². The molecule has 1 heterocycles. The number of nitrogens with one attached hydrogen (secondary N) is 1. The third-order valence-electron chi connectivity index (χ3n) is 9.29. The van der Waals surface area contributed by atoms with Crippen molar-refractivity contribution in [2.24, 2.45) is 35.3 Å². The molecule has 0 bridgehead atoms. The molecule has 0 spiro atoms. The Morgan fingerprint density at radius 3 is 2.33 bits per heavy atom. The van der Waals surface area contributed by atoms with Crippen LogP contribution in [0.25, 0.3) is 0 Å². The summed E-state index contributed by atoms with van der Waals surface area (Å²) in [7, 11) is 0. The van der Waals surface area contributed by atoms with Gasteiger partial charge in [-0.3, -0.25) is 28.9 Å². The predicted molar refractivity (Wildman–Crippen MR) is 145 cm³/mol. The van der Waals surface area contributed by atoms with Crippen LogP contribution in [0, 0.1) is 29.6 Å². The largest absolute Gasteiger partial charge is 0.505 e. The number of aromatic hydroxyl groups is 1. The van der Waals surface area contributed by atoms with Crippen LogP contribution in [0.3, 0.4) is 0 Å². The monoisotopic (exact) mass is 543 g/mol. The van der Waals surface area contributed by atoms with Crippen LogP contribution in [0.15, 0.2) is 42.5 Å². The van der Waals surface area contributed by atoms with Crippen LogP contribution in [0.2, 0.25) is 0 Å². The lowest BCUT2D eigenvalue weighted by molar-refractivity contribution is -0.152. The number of carbonyl (C=O) groups excluding carboxylic acids is 5. The number of amides is 1. The van der Waals surface area contributed by atoms with Crippen LogP contribution in [-0.4, -0.2) is 58.2 Å². The molecular formula is C31H33N3O6. The molecule has 1 saturated heterocycles. The lowest BCUT2D eigenvalue weighted by Gasteiger charge is -2.44. The molecule has 4 aliphatic rings. The molecule has 0 radical (unpaired) electrons. The molecule has 4 N–H and O–H groups in total. The molecule has 2 aromatic carbocycles. The Morgan fingerprint density at radius 1 is 0.925 bits per heavy atom. The van der Waals surface area contributed by atoms with E-state index >= 15 is 0 Å². The number of phenolic OH excluding ortho intramolecular Hbond substituents is 1. The number of primary amides is 1. The molecule has 208 valence electrons. The Bertz CT molecular complexity index is 1400. The average Bonchev–Trinajstić information content (AvgIpc) is 2.91. The molecule has 5 unspecified atom stereocenters. The topological polar surface area (TPSA) is 147 Å². The second-order valence-electron chi connectivity index (χ2n) is 11.8. The zero-order valence-electron chi connectivity index (χ0n) is 22.2. The summed E-state index contributed by atoms with van der Waals surface area (Å²) in [6.45, 7) is 2.70. The third-order valence-corrected chi connectivity index (χ3v) is 9.29. The number of rotatable bonds is 5. The van der Waals surface area contributed by atoms with E-state index in [-0.39, 0.29) is 29.7 Å². The summed E-state index contributed by atoms with van der Waals surface area (Å²) < 4.78 is 0. The van der Waals surface area contributed by atoms with Gasteiger partial charge < -0.3 is 16.2 Å². The quantitative estimate of drug-likeness (QED) is 0.385. The Morgan fingerprint density at radius 2 is 1.62 bits per heavy atom. The first kappa shape index (κ1) is 26.4. The number of benzene rings is 2. The molecule has 2 saturated carbocycles. The zero-order valence-corrected chi connectivity index (χ0v) is 22.2. The van der Waals surface area contributed by atoms with Crippen molar-refractivity contribution < 1.29 is 29.1 Å². The summed E-state index contributed by atoms with van der Waals surface area (Å²) in [6, 6.07) is 14.1. The van der Waals surface area contributed by atoms with E-state index in [1.54, 1.807) is 6.07 Å². The third kappa shape index (κ3) is 4.52. The number of piperidine rings is 1. The summed E-state index contributed by atoms with van der Waals surface area (Å²) >= 11 is 0. The van der Waals surface area contributed by atoms with Gasteiger partial charge in [-0.05, 0) is 54.7 Å². The van der Waals surface area contributed by atoms with Gasteiger partial charge in [-0.25, -0.2) is 0 Å². The van der Waals surface area contributed by atoms with E-state index < -0.39 is 52.7 Å². The predicted octanol–water partition coefficient (Wildman–Crippen LogP) is 2.29. The van der Waals surface area contributed by atoms with E-state index in [1.165, 1.54) is 5.56 Å². The first-order chi connectivity index (χ1) is 19.2. The van der Waals surface area contributed by atoms with E-state index in [2.05, 4.69) is 22.3 Å². The first-order valence-electron chi connectivity index (χ1n) is 14.0. The molecule has 5 atom stereocenters. The highest BCUT2D eigenvalue weighted by molar-refractivity contribution is 6.27. The van der Waals surface area contributed by atoms with Crippen molar-refractivity contribution in [2.45, 2.75) is 44.7 Å². The lowest BCUT2D eigenvalue weighted by Crippen LogP contribution is -2.56. The number of hydrogen-bond donors (Lipinski definition) is 3. The van der Waals surface area contributed by atoms with Crippen LogP contribution in [0.5, 0.6) is 5.75 Å². The molecule has 6 rings (SSSR count). The van der Waals surface area contributed by atoms with Gasteiger partial charge in [0.05, 0.1) is 23.1 Å².